The van der Waals surface area contributed by atoms with Gasteiger partial charge < -0.3 is 9.42 Å². The van der Waals surface area contributed by atoms with E-state index in [-0.39, 0.29) is 11.9 Å². The molecule has 0 radical (unpaired) electrons. The molecule has 0 amide bonds. The molecule has 0 spiro atoms. The Morgan fingerprint density at radius 2 is 2.04 bits per heavy atom. The van der Waals surface area contributed by atoms with Crippen LogP contribution in [0.5, 0.6) is 0 Å². The van der Waals surface area contributed by atoms with Crippen LogP contribution in [0.4, 0.5) is 19.0 Å². The van der Waals surface area contributed by atoms with Gasteiger partial charge in [0.2, 0.25) is 5.82 Å². The summed E-state index contributed by atoms with van der Waals surface area (Å²) in [6.07, 6.45) is 2.40. The van der Waals surface area contributed by atoms with E-state index in [4.69, 9.17) is 0 Å². The molecule has 1 aliphatic heterocycles. The lowest BCUT2D eigenvalue weighted by Crippen LogP contribution is -2.23. The number of alkyl halides is 3. The maximum absolute atomic E-state index is 12.6. The Kier molecular flexibility index (Phi) is 4.06. The number of nitrogens with zero attached hydrogens (tertiary/aromatic N) is 5. The summed E-state index contributed by atoms with van der Waals surface area (Å²) in [4.78, 5) is 14.1. The topological polar surface area (TPSA) is 67.9 Å². The fourth-order valence-electron chi connectivity index (χ4n) is 3.10. The van der Waals surface area contributed by atoms with Gasteiger partial charge in [0.15, 0.2) is 0 Å². The van der Waals surface area contributed by atoms with Gasteiger partial charge in [-0.1, -0.05) is 11.2 Å². The van der Waals surface area contributed by atoms with Crippen LogP contribution in [0.15, 0.2) is 47.4 Å². The van der Waals surface area contributed by atoms with Crippen molar-refractivity contribution >= 4 is 5.82 Å². The highest BCUT2D eigenvalue weighted by Crippen LogP contribution is 2.35. The summed E-state index contributed by atoms with van der Waals surface area (Å²) < 4.78 is 42.0. The van der Waals surface area contributed by atoms with Gasteiger partial charge in [0.25, 0.3) is 0 Å². The third-order valence-electron chi connectivity index (χ3n) is 4.29. The van der Waals surface area contributed by atoms with E-state index < -0.39 is 12.1 Å². The molecule has 1 unspecified atom stereocenters. The highest BCUT2D eigenvalue weighted by atomic mass is 19.4. The van der Waals surface area contributed by atoms with Crippen LogP contribution in [-0.2, 0) is 6.18 Å². The van der Waals surface area contributed by atoms with Crippen molar-refractivity contribution in [3.63, 3.8) is 0 Å². The Morgan fingerprint density at radius 3 is 2.69 bits per heavy atom. The zero-order valence-electron chi connectivity index (χ0n) is 13.5. The quantitative estimate of drug-likeness (QED) is 0.705. The summed E-state index contributed by atoms with van der Waals surface area (Å²) >= 11 is 0. The van der Waals surface area contributed by atoms with Gasteiger partial charge in [-0.05, 0) is 36.6 Å². The van der Waals surface area contributed by atoms with E-state index in [0.29, 0.717) is 5.56 Å². The monoisotopic (exact) mass is 361 g/mol. The minimum atomic E-state index is -4.66. The van der Waals surface area contributed by atoms with E-state index >= 15 is 0 Å². The number of pyridine rings is 2. The highest BCUT2D eigenvalue weighted by Gasteiger charge is 2.38. The molecule has 4 rings (SSSR count). The van der Waals surface area contributed by atoms with Crippen molar-refractivity contribution in [3.8, 4) is 11.4 Å². The summed E-state index contributed by atoms with van der Waals surface area (Å²) in [7, 11) is 0. The van der Waals surface area contributed by atoms with Crippen LogP contribution in [0, 0.1) is 0 Å². The molecule has 0 N–H and O–H groups in total. The number of anilines is 1. The molecular formula is C17H14F3N5O. The summed E-state index contributed by atoms with van der Waals surface area (Å²) in [5.41, 5.74) is 1.48. The average Bonchev–Trinajstić information content (AvgIpc) is 3.32. The van der Waals surface area contributed by atoms with Gasteiger partial charge in [-0.3, -0.25) is 4.98 Å². The number of rotatable bonds is 3. The smallest absolute Gasteiger partial charge is 0.350 e. The number of aromatic nitrogens is 4. The van der Waals surface area contributed by atoms with E-state index in [0.717, 1.165) is 30.8 Å². The lowest BCUT2D eigenvalue weighted by molar-refractivity contribution is -0.159. The normalized spacial score (nSPS) is 17.7. The van der Waals surface area contributed by atoms with Crippen molar-refractivity contribution in [3.05, 3.63) is 54.3 Å². The predicted molar refractivity (Wildman–Crippen MR) is 86.1 cm³/mol. The molecular weight excluding hydrogens is 347 g/mol. The second kappa shape index (κ2) is 6.40. The molecule has 26 heavy (non-hydrogen) atoms. The van der Waals surface area contributed by atoms with E-state index in [2.05, 4.69) is 29.5 Å². The van der Waals surface area contributed by atoms with Crippen LogP contribution in [0.3, 0.4) is 0 Å². The summed E-state index contributed by atoms with van der Waals surface area (Å²) in [5, 5.41) is 3.37. The maximum Gasteiger partial charge on any atom is 0.471 e. The molecule has 4 heterocycles. The van der Waals surface area contributed by atoms with Crippen molar-refractivity contribution < 1.29 is 17.7 Å². The van der Waals surface area contributed by atoms with Gasteiger partial charge in [-0.2, -0.15) is 18.2 Å². The van der Waals surface area contributed by atoms with Crippen LogP contribution < -0.4 is 4.90 Å². The second-order valence-corrected chi connectivity index (χ2v) is 5.96. The zero-order chi connectivity index (χ0) is 18.1. The van der Waals surface area contributed by atoms with Gasteiger partial charge in [0, 0.05) is 30.7 Å². The van der Waals surface area contributed by atoms with Gasteiger partial charge in [0.1, 0.15) is 5.82 Å². The molecule has 0 bridgehead atoms. The van der Waals surface area contributed by atoms with Gasteiger partial charge in [-0.25, -0.2) is 4.98 Å². The largest absolute Gasteiger partial charge is 0.471 e. The first-order valence-corrected chi connectivity index (χ1v) is 8.06. The molecule has 3 aromatic heterocycles. The molecule has 0 saturated carbocycles. The third-order valence-corrected chi connectivity index (χ3v) is 4.29. The molecule has 1 atom stereocenters. The second-order valence-electron chi connectivity index (χ2n) is 5.96. The molecule has 1 fully saturated rings. The molecule has 3 aromatic rings. The van der Waals surface area contributed by atoms with E-state index in [1.54, 1.807) is 18.3 Å². The molecule has 9 heteroatoms. The van der Waals surface area contributed by atoms with Gasteiger partial charge in [0.05, 0.1) is 6.04 Å². The minimum absolute atomic E-state index is 0.137. The Morgan fingerprint density at radius 1 is 1.15 bits per heavy atom. The number of hydrogen-bond donors (Lipinski definition) is 0. The number of halogens is 3. The van der Waals surface area contributed by atoms with Crippen molar-refractivity contribution in [1.82, 2.24) is 20.1 Å². The van der Waals surface area contributed by atoms with Gasteiger partial charge >= 0.3 is 12.1 Å². The standard InChI is InChI=1S/C17H14F3N5O/c18-17(19,20)16-23-15(24-26-16)12-5-6-14(22-10-12)25-8-2-4-13(25)11-3-1-7-21-9-11/h1,3,5-7,9-10,13H,2,4,8H2. The Labute approximate surface area is 146 Å². The Balaban J connectivity index is 1.57. The van der Waals surface area contributed by atoms with Crippen LogP contribution in [0.1, 0.15) is 30.3 Å². The lowest BCUT2D eigenvalue weighted by Gasteiger charge is -2.25. The summed E-state index contributed by atoms with van der Waals surface area (Å²) in [6.45, 7) is 0.854. The Bertz CT molecular complexity index is 879. The van der Waals surface area contributed by atoms with Crippen molar-refractivity contribution in [2.75, 3.05) is 11.4 Å². The first-order chi connectivity index (χ1) is 12.5. The van der Waals surface area contributed by atoms with E-state index in [9.17, 15) is 13.2 Å². The first-order valence-electron chi connectivity index (χ1n) is 8.06. The van der Waals surface area contributed by atoms with Crippen molar-refractivity contribution in [1.29, 1.82) is 0 Å². The van der Waals surface area contributed by atoms with Crippen molar-refractivity contribution in [2.45, 2.75) is 25.1 Å². The summed E-state index contributed by atoms with van der Waals surface area (Å²) in [5.74, 6) is -0.756. The Hall–Kier alpha value is -2.97. The van der Waals surface area contributed by atoms with Crippen LogP contribution >= 0.6 is 0 Å². The zero-order valence-corrected chi connectivity index (χ0v) is 13.5. The fourth-order valence-corrected chi connectivity index (χ4v) is 3.10. The molecule has 1 saturated heterocycles. The molecule has 134 valence electrons. The van der Waals surface area contributed by atoms with Crippen LogP contribution in [0.25, 0.3) is 11.4 Å². The highest BCUT2D eigenvalue weighted by molar-refractivity contribution is 5.56. The van der Waals surface area contributed by atoms with Crippen LogP contribution in [-0.4, -0.2) is 26.7 Å². The molecule has 0 aliphatic carbocycles. The lowest BCUT2D eigenvalue weighted by atomic mass is 10.1. The summed E-state index contributed by atoms with van der Waals surface area (Å²) in [6, 6.07) is 7.52. The van der Waals surface area contributed by atoms with Gasteiger partial charge in [-0.15, -0.1) is 0 Å². The molecule has 0 aromatic carbocycles. The molecule has 1 aliphatic rings. The molecule has 6 nitrogen and oxygen atoms in total. The number of hydrogen-bond acceptors (Lipinski definition) is 6. The van der Waals surface area contributed by atoms with Crippen LogP contribution in [0.2, 0.25) is 0 Å². The van der Waals surface area contributed by atoms with Crippen molar-refractivity contribution in [2.24, 2.45) is 0 Å². The minimum Gasteiger partial charge on any atom is -0.350 e. The van der Waals surface area contributed by atoms with E-state index in [1.807, 2.05) is 18.3 Å². The predicted octanol–water partition coefficient (Wildman–Crippen LogP) is 3.89. The first kappa shape index (κ1) is 16.5. The third kappa shape index (κ3) is 3.12. The van der Waals surface area contributed by atoms with E-state index in [1.165, 1.54) is 6.20 Å². The SMILES string of the molecule is FC(F)(F)c1nc(-c2ccc(N3CCCC3c3cccnc3)nc2)no1. The average molecular weight is 361 g/mol. The maximum atomic E-state index is 12.6. The fraction of sp³-hybridized carbons (Fsp3) is 0.294.